The smallest absolute Gasteiger partial charge is 0.320 e. The Balaban J connectivity index is 4.25. The highest BCUT2D eigenvalue weighted by Crippen LogP contribution is 2.07. The first-order chi connectivity index (χ1) is 9.60. The number of carbonyl (C=O) groups excluding carboxylic acids is 1. The van der Waals surface area contributed by atoms with E-state index in [4.69, 9.17) is 14.2 Å². The van der Waals surface area contributed by atoms with Gasteiger partial charge in [-0.05, 0) is 48.5 Å². The predicted molar refractivity (Wildman–Crippen MR) is 84.5 cm³/mol. The zero-order valence-electron chi connectivity index (χ0n) is 14.8. The molecule has 5 nitrogen and oxygen atoms in total. The van der Waals surface area contributed by atoms with Crippen LogP contribution in [-0.2, 0) is 19.0 Å². The van der Waals surface area contributed by atoms with Gasteiger partial charge in [-0.2, -0.15) is 0 Å². The quantitative estimate of drug-likeness (QED) is 0.580. The summed E-state index contributed by atoms with van der Waals surface area (Å²) in [5.74, 6) is -0.211. The van der Waals surface area contributed by atoms with Crippen LogP contribution >= 0.6 is 0 Å². The Labute approximate surface area is 129 Å². The lowest BCUT2D eigenvalue weighted by atomic mass is 10.2. The molecule has 0 aromatic heterocycles. The Morgan fingerprint density at radius 1 is 0.952 bits per heavy atom. The average Bonchev–Trinajstić information content (AvgIpc) is 2.24. The fraction of sp³-hybridized carbons (Fsp3) is 0.938. The maximum Gasteiger partial charge on any atom is 0.320 e. The third kappa shape index (κ3) is 14.1. The monoisotopic (exact) mass is 303 g/mol. The lowest BCUT2D eigenvalue weighted by Crippen LogP contribution is -2.39. The van der Waals surface area contributed by atoms with Crippen molar-refractivity contribution in [3.05, 3.63) is 0 Å². The molecule has 0 aliphatic heterocycles. The predicted octanol–water partition coefficient (Wildman–Crippen LogP) is 2.48. The number of carbonyl (C=O) groups is 1. The van der Waals surface area contributed by atoms with Gasteiger partial charge < -0.3 is 14.2 Å². The molecule has 0 saturated heterocycles. The Morgan fingerprint density at radius 2 is 1.38 bits per heavy atom. The first kappa shape index (κ1) is 20.3. The van der Waals surface area contributed by atoms with Crippen molar-refractivity contribution in [1.29, 1.82) is 0 Å². The molecule has 21 heavy (non-hydrogen) atoms. The van der Waals surface area contributed by atoms with Crippen LogP contribution in [0.15, 0.2) is 0 Å². The van der Waals surface area contributed by atoms with Crippen molar-refractivity contribution < 1.29 is 19.0 Å². The molecule has 0 fully saturated rings. The summed E-state index contributed by atoms with van der Waals surface area (Å²) in [6, 6.07) is 0. The molecule has 0 aromatic carbocycles. The summed E-state index contributed by atoms with van der Waals surface area (Å²) >= 11 is 0. The molecule has 0 N–H and O–H groups in total. The van der Waals surface area contributed by atoms with E-state index in [0.29, 0.717) is 26.3 Å². The van der Waals surface area contributed by atoms with Crippen molar-refractivity contribution in [1.82, 2.24) is 4.90 Å². The van der Waals surface area contributed by atoms with Crippen LogP contribution in [0.4, 0.5) is 0 Å². The lowest BCUT2D eigenvalue weighted by molar-refractivity contribution is -0.156. The highest BCUT2D eigenvalue weighted by atomic mass is 16.6. The van der Waals surface area contributed by atoms with Gasteiger partial charge in [0.2, 0.25) is 0 Å². The van der Waals surface area contributed by atoms with Crippen molar-refractivity contribution in [3.63, 3.8) is 0 Å². The van der Waals surface area contributed by atoms with Crippen molar-refractivity contribution in [2.75, 3.05) is 32.8 Å². The van der Waals surface area contributed by atoms with E-state index in [1.165, 1.54) is 0 Å². The summed E-state index contributed by atoms with van der Waals surface area (Å²) in [6.07, 6.45) is 0.389. The van der Waals surface area contributed by atoms with Gasteiger partial charge in [0.1, 0.15) is 5.60 Å². The summed E-state index contributed by atoms with van der Waals surface area (Å²) in [4.78, 5) is 13.9. The maximum absolute atomic E-state index is 11.9. The number of hydrogen-bond donors (Lipinski definition) is 0. The van der Waals surface area contributed by atoms with Crippen LogP contribution in [0.2, 0.25) is 0 Å². The number of hydrogen-bond acceptors (Lipinski definition) is 5. The van der Waals surface area contributed by atoms with Crippen LogP contribution in [0.3, 0.4) is 0 Å². The molecule has 0 amide bonds. The average molecular weight is 303 g/mol. The van der Waals surface area contributed by atoms with Crippen LogP contribution in [0.25, 0.3) is 0 Å². The first-order valence-corrected chi connectivity index (χ1v) is 7.77. The van der Waals surface area contributed by atoms with Gasteiger partial charge in [0.15, 0.2) is 0 Å². The van der Waals surface area contributed by atoms with E-state index >= 15 is 0 Å². The second-order valence-electron chi connectivity index (χ2n) is 6.70. The molecule has 0 spiro atoms. The summed E-state index contributed by atoms with van der Waals surface area (Å²) < 4.78 is 16.5. The van der Waals surface area contributed by atoms with E-state index < -0.39 is 5.60 Å². The minimum Gasteiger partial charge on any atom is -0.459 e. The van der Waals surface area contributed by atoms with Crippen LogP contribution in [0.1, 0.15) is 48.5 Å². The number of esters is 1. The van der Waals surface area contributed by atoms with Gasteiger partial charge in [0, 0.05) is 13.1 Å². The maximum atomic E-state index is 11.9. The van der Waals surface area contributed by atoms with Gasteiger partial charge in [0.25, 0.3) is 0 Å². The van der Waals surface area contributed by atoms with Gasteiger partial charge in [-0.25, -0.2) is 0 Å². The molecular weight excluding hydrogens is 270 g/mol. The van der Waals surface area contributed by atoms with E-state index in [9.17, 15) is 4.79 Å². The van der Waals surface area contributed by atoms with Gasteiger partial charge in [0.05, 0.1) is 32.0 Å². The fourth-order valence-electron chi connectivity index (χ4n) is 1.66. The zero-order chi connectivity index (χ0) is 16.5. The molecule has 0 saturated carbocycles. The van der Waals surface area contributed by atoms with E-state index in [1.54, 1.807) is 0 Å². The largest absolute Gasteiger partial charge is 0.459 e. The van der Waals surface area contributed by atoms with Crippen LogP contribution in [0, 0.1) is 0 Å². The van der Waals surface area contributed by atoms with E-state index in [2.05, 4.69) is 0 Å². The molecule has 0 atom stereocenters. The standard InChI is InChI=1S/C16H33NO4/c1-13(2)19-10-8-17(9-11-20-14(3)4)12-15(18)21-16(5,6)7/h13-14H,8-12H2,1-7H3. The van der Waals surface area contributed by atoms with Crippen molar-refractivity contribution in [3.8, 4) is 0 Å². The summed E-state index contributed by atoms with van der Waals surface area (Å²) in [5.41, 5.74) is -0.453. The highest BCUT2D eigenvalue weighted by molar-refractivity contribution is 5.72. The summed E-state index contributed by atoms with van der Waals surface area (Å²) in [7, 11) is 0. The van der Waals surface area contributed by atoms with Crippen molar-refractivity contribution in [2.45, 2.75) is 66.3 Å². The minimum atomic E-state index is -0.453. The zero-order valence-corrected chi connectivity index (χ0v) is 14.8. The number of rotatable bonds is 10. The third-order valence-corrected chi connectivity index (χ3v) is 2.49. The van der Waals surface area contributed by atoms with Crippen molar-refractivity contribution >= 4 is 5.97 Å². The van der Waals surface area contributed by atoms with Gasteiger partial charge in [-0.15, -0.1) is 0 Å². The van der Waals surface area contributed by atoms with Crippen LogP contribution in [0.5, 0.6) is 0 Å². The molecule has 0 radical (unpaired) electrons. The Morgan fingerprint density at radius 3 is 1.71 bits per heavy atom. The summed E-state index contributed by atoms with van der Waals surface area (Å²) in [5, 5.41) is 0. The van der Waals surface area contributed by atoms with Gasteiger partial charge in [-0.1, -0.05) is 0 Å². The number of ether oxygens (including phenoxy) is 3. The minimum absolute atomic E-state index is 0.195. The van der Waals surface area contributed by atoms with Crippen LogP contribution < -0.4 is 0 Å². The molecule has 0 aromatic rings. The first-order valence-electron chi connectivity index (χ1n) is 7.77. The second-order valence-corrected chi connectivity index (χ2v) is 6.70. The van der Waals surface area contributed by atoms with Crippen LogP contribution in [-0.4, -0.2) is 61.5 Å². The van der Waals surface area contributed by atoms with E-state index in [1.807, 2.05) is 53.4 Å². The summed E-state index contributed by atoms with van der Waals surface area (Å²) in [6.45, 7) is 16.5. The third-order valence-electron chi connectivity index (χ3n) is 2.49. The fourth-order valence-corrected chi connectivity index (χ4v) is 1.66. The molecule has 126 valence electrons. The van der Waals surface area contributed by atoms with Crippen molar-refractivity contribution in [2.24, 2.45) is 0 Å². The molecule has 0 aliphatic carbocycles. The Kier molecular flexibility index (Phi) is 9.83. The van der Waals surface area contributed by atoms with Gasteiger partial charge >= 0.3 is 5.97 Å². The van der Waals surface area contributed by atoms with E-state index in [0.717, 1.165) is 0 Å². The number of nitrogens with zero attached hydrogens (tertiary/aromatic N) is 1. The molecule has 0 unspecified atom stereocenters. The molecule has 0 rings (SSSR count). The lowest BCUT2D eigenvalue weighted by Gasteiger charge is -2.25. The molecule has 0 aliphatic rings. The molecule has 5 heteroatoms. The highest BCUT2D eigenvalue weighted by Gasteiger charge is 2.19. The Bertz CT molecular complexity index is 270. The van der Waals surface area contributed by atoms with Gasteiger partial charge in [-0.3, -0.25) is 9.69 Å². The molecule has 0 bridgehead atoms. The second kappa shape index (κ2) is 10.1. The normalized spacial score (nSPS) is 12.5. The van der Waals surface area contributed by atoms with E-state index in [-0.39, 0.29) is 24.7 Å². The SMILES string of the molecule is CC(C)OCCN(CCOC(C)C)CC(=O)OC(C)(C)C. The molecule has 0 heterocycles. The topological polar surface area (TPSA) is 48.0 Å². The molecular formula is C16H33NO4. The Hall–Kier alpha value is -0.650.